The molecule has 0 radical (unpaired) electrons. The number of aryl methyl sites for hydroxylation is 1. The Bertz CT molecular complexity index is 760. The molecule has 0 bridgehead atoms. The molecule has 0 spiro atoms. The summed E-state index contributed by atoms with van der Waals surface area (Å²) in [6, 6.07) is 8.78. The Labute approximate surface area is 134 Å². The van der Waals surface area contributed by atoms with E-state index in [1.807, 2.05) is 38.1 Å². The van der Waals surface area contributed by atoms with Crippen molar-refractivity contribution in [3.05, 3.63) is 51.9 Å². The second-order valence-electron chi connectivity index (χ2n) is 6.26. The molecule has 23 heavy (non-hydrogen) atoms. The minimum atomic E-state index is -0.515. The number of likely N-dealkylation sites (tertiary alicyclic amines) is 1. The van der Waals surface area contributed by atoms with Crippen LogP contribution in [0.3, 0.4) is 0 Å². The van der Waals surface area contributed by atoms with Crippen LogP contribution in [0.2, 0.25) is 0 Å². The van der Waals surface area contributed by atoms with Gasteiger partial charge in [-0.25, -0.2) is 4.68 Å². The van der Waals surface area contributed by atoms with Crippen molar-refractivity contribution in [2.24, 2.45) is 5.92 Å². The SMILES string of the molecule is Cc1ccc(-n2[nH]c(C(=O)N3CCC(C)C(O)C3)cc2=O)cc1. The summed E-state index contributed by atoms with van der Waals surface area (Å²) >= 11 is 0. The van der Waals surface area contributed by atoms with Crippen LogP contribution in [0.15, 0.2) is 35.1 Å². The fourth-order valence-electron chi connectivity index (χ4n) is 2.79. The van der Waals surface area contributed by atoms with Gasteiger partial charge in [-0.15, -0.1) is 0 Å². The van der Waals surface area contributed by atoms with Crippen molar-refractivity contribution in [3.8, 4) is 5.69 Å². The fourth-order valence-corrected chi connectivity index (χ4v) is 2.79. The number of piperidine rings is 1. The molecule has 2 N–H and O–H groups in total. The van der Waals surface area contributed by atoms with Crippen LogP contribution in [-0.4, -0.2) is 44.9 Å². The Morgan fingerprint density at radius 2 is 2.00 bits per heavy atom. The molecule has 2 heterocycles. The van der Waals surface area contributed by atoms with Gasteiger partial charge in [0, 0.05) is 19.2 Å². The molecule has 1 aromatic carbocycles. The van der Waals surface area contributed by atoms with Crippen molar-refractivity contribution in [3.63, 3.8) is 0 Å². The Morgan fingerprint density at radius 3 is 2.65 bits per heavy atom. The third kappa shape index (κ3) is 3.07. The minimum absolute atomic E-state index is 0.190. The van der Waals surface area contributed by atoms with E-state index in [1.54, 1.807) is 4.90 Å². The number of nitrogens with one attached hydrogen (secondary N) is 1. The molecule has 2 aromatic rings. The van der Waals surface area contributed by atoms with Gasteiger partial charge in [0.25, 0.3) is 11.5 Å². The van der Waals surface area contributed by atoms with Crippen LogP contribution in [0.1, 0.15) is 29.4 Å². The quantitative estimate of drug-likeness (QED) is 0.877. The van der Waals surface area contributed by atoms with Gasteiger partial charge in [-0.3, -0.25) is 14.7 Å². The number of β-amino-alcohol motifs (C(OH)–C–C–N with tert-alkyl or cyclic N) is 1. The van der Waals surface area contributed by atoms with Crippen LogP contribution in [0.5, 0.6) is 0 Å². The van der Waals surface area contributed by atoms with Crippen molar-refractivity contribution in [1.29, 1.82) is 0 Å². The average Bonchev–Trinajstić information content (AvgIpc) is 2.92. The number of benzene rings is 1. The monoisotopic (exact) mass is 315 g/mol. The topological polar surface area (TPSA) is 78.3 Å². The van der Waals surface area contributed by atoms with Gasteiger partial charge >= 0.3 is 0 Å². The third-order valence-corrected chi connectivity index (χ3v) is 4.45. The lowest BCUT2D eigenvalue weighted by Crippen LogP contribution is -2.46. The first-order valence-electron chi connectivity index (χ1n) is 7.82. The maximum atomic E-state index is 12.5. The molecule has 2 atom stereocenters. The summed E-state index contributed by atoms with van der Waals surface area (Å²) in [4.78, 5) is 26.3. The molecule has 0 aliphatic carbocycles. The van der Waals surface area contributed by atoms with E-state index < -0.39 is 6.10 Å². The molecule has 122 valence electrons. The lowest BCUT2D eigenvalue weighted by Gasteiger charge is -2.33. The number of H-pyrrole nitrogens is 1. The van der Waals surface area contributed by atoms with E-state index in [0.717, 1.165) is 12.0 Å². The van der Waals surface area contributed by atoms with E-state index in [1.165, 1.54) is 10.7 Å². The lowest BCUT2D eigenvalue weighted by molar-refractivity contribution is 0.0245. The highest BCUT2D eigenvalue weighted by Crippen LogP contribution is 2.18. The van der Waals surface area contributed by atoms with Gasteiger partial charge in [0.05, 0.1) is 11.8 Å². The Hall–Kier alpha value is -2.34. The Balaban J connectivity index is 1.84. The van der Waals surface area contributed by atoms with Gasteiger partial charge in [-0.2, -0.15) is 0 Å². The summed E-state index contributed by atoms with van der Waals surface area (Å²) in [6.45, 7) is 4.84. The normalized spacial score (nSPS) is 21.4. The molecule has 6 heteroatoms. The zero-order valence-corrected chi connectivity index (χ0v) is 13.3. The molecule has 1 amide bonds. The third-order valence-electron chi connectivity index (χ3n) is 4.45. The molecule has 1 fully saturated rings. The molecule has 1 aliphatic heterocycles. The minimum Gasteiger partial charge on any atom is -0.391 e. The number of hydrogen-bond acceptors (Lipinski definition) is 3. The summed E-state index contributed by atoms with van der Waals surface area (Å²) in [5.74, 6) is -0.0610. The molecule has 1 aromatic heterocycles. The highest BCUT2D eigenvalue weighted by molar-refractivity contribution is 5.92. The van der Waals surface area contributed by atoms with E-state index in [0.29, 0.717) is 18.8 Å². The number of aromatic nitrogens is 2. The number of nitrogens with zero attached hydrogens (tertiary/aromatic N) is 2. The fraction of sp³-hybridized carbons (Fsp3) is 0.412. The number of carbonyl (C=O) groups is 1. The van der Waals surface area contributed by atoms with Crippen molar-refractivity contribution >= 4 is 5.91 Å². The van der Waals surface area contributed by atoms with Gasteiger partial charge in [-0.05, 0) is 31.4 Å². The van der Waals surface area contributed by atoms with Crippen molar-refractivity contribution in [2.45, 2.75) is 26.4 Å². The molecular weight excluding hydrogens is 294 g/mol. The molecule has 0 saturated carbocycles. The van der Waals surface area contributed by atoms with Gasteiger partial charge in [0.15, 0.2) is 0 Å². The summed E-state index contributed by atoms with van der Waals surface area (Å²) in [5.41, 5.74) is 1.76. The van der Waals surface area contributed by atoms with E-state index in [4.69, 9.17) is 0 Å². The number of hydrogen-bond donors (Lipinski definition) is 2. The van der Waals surface area contributed by atoms with Gasteiger partial charge < -0.3 is 10.0 Å². The molecule has 1 saturated heterocycles. The zero-order valence-electron chi connectivity index (χ0n) is 13.3. The molecule has 6 nitrogen and oxygen atoms in total. The number of carbonyl (C=O) groups excluding carboxylic acids is 1. The highest BCUT2D eigenvalue weighted by Gasteiger charge is 2.28. The van der Waals surface area contributed by atoms with E-state index in [9.17, 15) is 14.7 Å². The van der Waals surface area contributed by atoms with E-state index in [-0.39, 0.29) is 23.1 Å². The zero-order chi connectivity index (χ0) is 16.6. The van der Waals surface area contributed by atoms with Gasteiger partial charge in [-0.1, -0.05) is 24.6 Å². The maximum absolute atomic E-state index is 12.5. The highest BCUT2D eigenvalue weighted by atomic mass is 16.3. The number of rotatable bonds is 2. The van der Waals surface area contributed by atoms with Crippen molar-refractivity contribution in [2.75, 3.05) is 13.1 Å². The van der Waals surface area contributed by atoms with Crippen LogP contribution in [0.4, 0.5) is 0 Å². The van der Waals surface area contributed by atoms with Gasteiger partial charge in [0.1, 0.15) is 5.69 Å². The average molecular weight is 315 g/mol. The largest absolute Gasteiger partial charge is 0.391 e. The summed E-state index contributed by atoms with van der Waals surface area (Å²) in [5, 5.41) is 12.8. The first-order chi connectivity index (χ1) is 11.0. The first-order valence-corrected chi connectivity index (χ1v) is 7.82. The van der Waals surface area contributed by atoms with Gasteiger partial charge in [0.2, 0.25) is 0 Å². The smallest absolute Gasteiger partial charge is 0.272 e. The number of aliphatic hydroxyl groups is 1. The summed E-state index contributed by atoms with van der Waals surface area (Å²) < 4.78 is 1.36. The Kier molecular flexibility index (Phi) is 4.09. The van der Waals surface area contributed by atoms with E-state index >= 15 is 0 Å². The number of aliphatic hydroxyl groups excluding tert-OH is 1. The second-order valence-corrected chi connectivity index (χ2v) is 6.26. The molecular formula is C17H21N3O3. The summed E-state index contributed by atoms with van der Waals surface area (Å²) in [6.07, 6.45) is 0.245. The van der Waals surface area contributed by atoms with Crippen LogP contribution in [0, 0.1) is 12.8 Å². The number of aromatic amines is 1. The predicted molar refractivity (Wildman–Crippen MR) is 86.8 cm³/mol. The molecule has 2 unspecified atom stereocenters. The van der Waals surface area contributed by atoms with E-state index in [2.05, 4.69) is 5.10 Å². The lowest BCUT2D eigenvalue weighted by atomic mass is 9.96. The first kappa shape index (κ1) is 15.6. The van der Waals surface area contributed by atoms with Crippen LogP contribution in [-0.2, 0) is 0 Å². The van der Waals surface area contributed by atoms with Crippen LogP contribution in [0.25, 0.3) is 5.69 Å². The van der Waals surface area contributed by atoms with Crippen molar-refractivity contribution < 1.29 is 9.90 Å². The second kappa shape index (κ2) is 6.04. The molecule has 1 aliphatic rings. The van der Waals surface area contributed by atoms with Crippen LogP contribution >= 0.6 is 0 Å². The van der Waals surface area contributed by atoms with Crippen molar-refractivity contribution in [1.82, 2.24) is 14.7 Å². The number of amides is 1. The standard InChI is InChI=1S/C17H21N3O3/c1-11-3-5-13(6-4-11)20-16(22)9-14(18-20)17(23)19-8-7-12(2)15(21)10-19/h3-6,9,12,15,18,21H,7-8,10H2,1-2H3. The van der Waals surface area contributed by atoms with Crippen LogP contribution < -0.4 is 5.56 Å². The maximum Gasteiger partial charge on any atom is 0.272 e. The Morgan fingerprint density at radius 1 is 1.30 bits per heavy atom. The predicted octanol–water partition coefficient (Wildman–Crippen LogP) is 1.32. The molecule has 3 rings (SSSR count). The summed E-state index contributed by atoms with van der Waals surface area (Å²) in [7, 11) is 0.